The fourth-order valence-corrected chi connectivity index (χ4v) is 5.31. The molecule has 1 atom stereocenters. The predicted octanol–water partition coefficient (Wildman–Crippen LogP) is 3.65. The van der Waals surface area contributed by atoms with Gasteiger partial charge in [-0.3, -0.25) is 14.3 Å². The Morgan fingerprint density at radius 3 is 2.61 bits per heavy atom. The van der Waals surface area contributed by atoms with Crippen molar-refractivity contribution in [3.63, 3.8) is 0 Å². The third kappa shape index (κ3) is 4.03. The molecule has 0 radical (unpaired) electrons. The van der Waals surface area contributed by atoms with E-state index in [1.54, 1.807) is 10.9 Å². The Kier molecular flexibility index (Phi) is 5.68. The molecule has 3 aromatic rings. The number of aryl methyl sites for hydroxylation is 2. The highest BCUT2D eigenvalue weighted by atomic mass is 16.3. The van der Waals surface area contributed by atoms with E-state index in [0.29, 0.717) is 54.5 Å². The summed E-state index contributed by atoms with van der Waals surface area (Å²) in [6, 6.07) is 5.46. The summed E-state index contributed by atoms with van der Waals surface area (Å²) < 4.78 is 7.25. The highest BCUT2D eigenvalue weighted by molar-refractivity contribution is 6.07. The van der Waals surface area contributed by atoms with E-state index in [9.17, 15) is 9.59 Å². The first-order valence-corrected chi connectivity index (χ1v) is 11.9. The van der Waals surface area contributed by atoms with E-state index in [2.05, 4.69) is 12.0 Å². The third-order valence-corrected chi connectivity index (χ3v) is 7.07. The van der Waals surface area contributed by atoms with E-state index >= 15 is 0 Å². The normalized spacial score (nSPS) is 19.9. The summed E-state index contributed by atoms with van der Waals surface area (Å²) in [5.74, 6) is 1.43. The lowest BCUT2D eigenvalue weighted by Gasteiger charge is -2.37. The van der Waals surface area contributed by atoms with Gasteiger partial charge in [0.15, 0.2) is 11.4 Å². The SMILES string of the molecule is Cc1nn(C)c2nc(-c3ccco3)cc(C(=O)N3CCC(C(=O)N4CCCC(C)C4)CC3)c12. The fourth-order valence-electron chi connectivity index (χ4n) is 5.31. The maximum absolute atomic E-state index is 13.7. The number of hydrogen-bond acceptors (Lipinski definition) is 5. The minimum absolute atomic E-state index is 0.00983. The Morgan fingerprint density at radius 2 is 1.91 bits per heavy atom. The number of pyridine rings is 1. The van der Waals surface area contributed by atoms with E-state index in [0.717, 1.165) is 30.6 Å². The largest absolute Gasteiger partial charge is 0.463 e. The van der Waals surface area contributed by atoms with Crippen LogP contribution in [0.5, 0.6) is 0 Å². The van der Waals surface area contributed by atoms with Gasteiger partial charge in [0.25, 0.3) is 5.91 Å². The van der Waals surface area contributed by atoms with Gasteiger partial charge in [0, 0.05) is 39.1 Å². The van der Waals surface area contributed by atoms with Gasteiger partial charge in [0.05, 0.1) is 22.9 Å². The quantitative estimate of drug-likeness (QED) is 0.609. The van der Waals surface area contributed by atoms with Gasteiger partial charge < -0.3 is 14.2 Å². The summed E-state index contributed by atoms with van der Waals surface area (Å²) in [6.07, 6.45) is 5.30. The Hall–Kier alpha value is -3.16. The number of likely N-dealkylation sites (tertiary alicyclic amines) is 2. The van der Waals surface area contributed by atoms with E-state index in [1.165, 1.54) is 6.42 Å². The molecule has 2 saturated heterocycles. The number of piperidine rings is 2. The summed E-state index contributed by atoms with van der Waals surface area (Å²) in [5.41, 5.74) is 2.64. The second-order valence-corrected chi connectivity index (χ2v) is 9.54. The monoisotopic (exact) mass is 449 g/mol. The molecule has 0 bridgehead atoms. The van der Waals surface area contributed by atoms with Crippen molar-refractivity contribution in [3.05, 3.63) is 35.7 Å². The zero-order chi connectivity index (χ0) is 23.1. The number of carbonyl (C=O) groups is 2. The van der Waals surface area contributed by atoms with Crippen molar-refractivity contribution in [2.45, 2.75) is 39.5 Å². The van der Waals surface area contributed by atoms with Crippen LogP contribution in [-0.2, 0) is 11.8 Å². The van der Waals surface area contributed by atoms with Crippen LogP contribution in [0.3, 0.4) is 0 Å². The van der Waals surface area contributed by atoms with Crippen molar-refractivity contribution >= 4 is 22.8 Å². The number of aromatic nitrogens is 3. The Bertz CT molecular complexity index is 1170. The van der Waals surface area contributed by atoms with Crippen molar-refractivity contribution in [3.8, 4) is 11.5 Å². The maximum atomic E-state index is 13.7. The molecule has 0 aliphatic carbocycles. The van der Waals surface area contributed by atoms with Gasteiger partial charge in [-0.2, -0.15) is 5.10 Å². The minimum atomic E-state index is -0.0381. The molecule has 2 aliphatic heterocycles. The molecule has 174 valence electrons. The standard InChI is InChI=1S/C25H31N5O3/c1-16-6-4-10-30(15-16)24(31)18-8-11-29(12-9-18)25(32)19-14-20(21-7-5-13-33-21)26-23-22(19)17(2)27-28(23)3/h5,7,13-14,16,18H,4,6,8-12,15H2,1-3H3. The lowest BCUT2D eigenvalue weighted by Crippen LogP contribution is -2.47. The molecule has 2 fully saturated rings. The first kappa shape index (κ1) is 21.7. The van der Waals surface area contributed by atoms with Crippen LogP contribution in [0.4, 0.5) is 0 Å². The maximum Gasteiger partial charge on any atom is 0.254 e. The van der Waals surface area contributed by atoms with Crippen LogP contribution in [0.1, 0.15) is 48.7 Å². The van der Waals surface area contributed by atoms with E-state index in [1.807, 2.05) is 42.0 Å². The summed E-state index contributed by atoms with van der Waals surface area (Å²) in [7, 11) is 1.83. The Morgan fingerprint density at radius 1 is 1.12 bits per heavy atom. The molecule has 2 amide bonds. The molecule has 0 saturated carbocycles. The van der Waals surface area contributed by atoms with Crippen molar-refractivity contribution in [1.29, 1.82) is 0 Å². The van der Waals surface area contributed by atoms with Crippen LogP contribution in [-0.4, -0.2) is 62.6 Å². The van der Waals surface area contributed by atoms with Crippen LogP contribution in [0, 0.1) is 18.8 Å². The van der Waals surface area contributed by atoms with Gasteiger partial charge in [-0.05, 0) is 56.7 Å². The molecule has 2 aliphatic rings. The molecule has 0 spiro atoms. The van der Waals surface area contributed by atoms with Crippen LogP contribution >= 0.6 is 0 Å². The minimum Gasteiger partial charge on any atom is -0.463 e. The average molecular weight is 450 g/mol. The van der Waals surface area contributed by atoms with Crippen LogP contribution in [0.15, 0.2) is 28.9 Å². The van der Waals surface area contributed by atoms with Crippen LogP contribution < -0.4 is 0 Å². The molecule has 1 unspecified atom stereocenters. The van der Waals surface area contributed by atoms with Crippen LogP contribution in [0.2, 0.25) is 0 Å². The van der Waals surface area contributed by atoms with Gasteiger partial charge in [-0.25, -0.2) is 4.98 Å². The number of nitrogens with zero attached hydrogens (tertiary/aromatic N) is 5. The number of rotatable bonds is 3. The molecule has 33 heavy (non-hydrogen) atoms. The molecule has 0 aromatic carbocycles. The molecule has 8 nitrogen and oxygen atoms in total. The number of furan rings is 1. The van der Waals surface area contributed by atoms with Gasteiger partial charge in [-0.1, -0.05) is 6.92 Å². The molecule has 0 N–H and O–H groups in total. The highest BCUT2D eigenvalue weighted by Crippen LogP contribution is 2.30. The lowest BCUT2D eigenvalue weighted by atomic mass is 9.92. The van der Waals surface area contributed by atoms with Gasteiger partial charge in [-0.15, -0.1) is 0 Å². The van der Waals surface area contributed by atoms with Crippen molar-refractivity contribution in [2.75, 3.05) is 26.2 Å². The Balaban J connectivity index is 1.37. The van der Waals surface area contributed by atoms with E-state index < -0.39 is 0 Å². The second-order valence-electron chi connectivity index (χ2n) is 9.54. The molecule has 5 rings (SSSR count). The smallest absolute Gasteiger partial charge is 0.254 e. The lowest BCUT2D eigenvalue weighted by molar-refractivity contribution is -0.138. The van der Waals surface area contributed by atoms with E-state index in [-0.39, 0.29) is 17.7 Å². The summed E-state index contributed by atoms with van der Waals surface area (Å²) in [5, 5.41) is 5.27. The summed E-state index contributed by atoms with van der Waals surface area (Å²) in [4.78, 5) is 35.3. The third-order valence-electron chi connectivity index (χ3n) is 7.07. The Labute approximate surface area is 193 Å². The van der Waals surface area contributed by atoms with Gasteiger partial charge in [0.1, 0.15) is 5.69 Å². The number of hydrogen-bond donors (Lipinski definition) is 0. The van der Waals surface area contributed by atoms with Crippen LogP contribution in [0.25, 0.3) is 22.5 Å². The second kappa shape index (κ2) is 8.65. The van der Waals surface area contributed by atoms with Crippen molar-refractivity contribution < 1.29 is 14.0 Å². The van der Waals surface area contributed by atoms with Crippen molar-refractivity contribution in [1.82, 2.24) is 24.6 Å². The average Bonchev–Trinajstić information content (AvgIpc) is 3.46. The number of amides is 2. The molecular formula is C25H31N5O3. The number of carbonyl (C=O) groups excluding carboxylic acids is 2. The first-order chi connectivity index (χ1) is 15.9. The first-order valence-electron chi connectivity index (χ1n) is 11.9. The van der Waals surface area contributed by atoms with Gasteiger partial charge >= 0.3 is 0 Å². The number of fused-ring (bicyclic) bond motifs is 1. The molecule has 3 aromatic heterocycles. The zero-order valence-corrected chi connectivity index (χ0v) is 19.6. The summed E-state index contributed by atoms with van der Waals surface area (Å²) in [6.45, 7) is 7.01. The molecule has 5 heterocycles. The fraction of sp³-hybridized carbons (Fsp3) is 0.520. The molecular weight excluding hydrogens is 418 g/mol. The van der Waals surface area contributed by atoms with Crippen molar-refractivity contribution in [2.24, 2.45) is 18.9 Å². The summed E-state index contributed by atoms with van der Waals surface area (Å²) >= 11 is 0. The topological polar surface area (TPSA) is 84.5 Å². The predicted molar refractivity (Wildman–Crippen MR) is 125 cm³/mol. The highest BCUT2D eigenvalue weighted by Gasteiger charge is 2.33. The van der Waals surface area contributed by atoms with Gasteiger partial charge in [0.2, 0.25) is 5.91 Å². The zero-order valence-electron chi connectivity index (χ0n) is 19.6. The molecule has 8 heteroatoms. The van der Waals surface area contributed by atoms with E-state index in [4.69, 9.17) is 9.40 Å².